The van der Waals surface area contributed by atoms with Crippen LogP contribution < -0.4 is 0 Å². The summed E-state index contributed by atoms with van der Waals surface area (Å²) < 4.78 is 1.74. The molecule has 0 saturated heterocycles. The van der Waals surface area contributed by atoms with E-state index >= 15 is 0 Å². The number of ketones is 2. The molecule has 0 aromatic carbocycles. The highest BCUT2D eigenvalue weighted by molar-refractivity contribution is 6.09. The molecule has 0 bridgehead atoms. The Bertz CT molecular complexity index is 816. The zero-order chi connectivity index (χ0) is 14.4. The number of aromatic nitrogens is 3. The maximum absolute atomic E-state index is 12.6. The van der Waals surface area contributed by atoms with Crippen molar-refractivity contribution in [2.75, 3.05) is 0 Å². The van der Waals surface area contributed by atoms with Crippen LogP contribution in [0.4, 0.5) is 0 Å². The molecule has 2 aromatic rings. The van der Waals surface area contributed by atoms with Crippen LogP contribution in [-0.2, 0) is 0 Å². The number of allylic oxidation sites excluding steroid dienone is 2. The average molecular weight is 277 g/mol. The normalized spacial score (nSPS) is 19.5. The molecule has 0 aliphatic heterocycles. The topological polar surface area (TPSA) is 64.8 Å². The highest BCUT2D eigenvalue weighted by Crippen LogP contribution is 2.28. The van der Waals surface area contributed by atoms with E-state index in [1.54, 1.807) is 41.5 Å². The van der Waals surface area contributed by atoms with Crippen molar-refractivity contribution >= 4 is 23.7 Å². The first-order valence-electron chi connectivity index (χ1n) is 6.68. The van der Waals surface area contributed by atoms with E-state index in [1.165, 1.54) is 0 Å². The fraction of sp³-hybridized carbons (Fsp3) is 0.125. The lowest BCUT2D eigenvalue weighted by Crippen LogP contribution is -2.22. The lowest BCUT2D eigenvalue weighted by atomic mass is 9.91. The summed E-state index contributed by atoms with van der Waals surface area (Å²) in [7, 11) is 0. The third-order valence-electron chi connectivity index (χ3n) is 3.78. The maximum atomic E-state index is 12.6. The minimum Gasteiger partial charge on any atom is -0.323 e. The fourth-order valence-electron chi connectivity index (χ4n) is 2.70. The van der Waals surface area contributed by atoms with Crippen LogP contribution in [0.3, 0.4) is 0 Å². The summed E-state index contributed by atoms with van der Waals surface area (Å²) in [6.45, 7) is 0. The molecule has 4 rings (SSSR count). The summed E-state index contributed by atoms with van der Waals surface area (Å²) in [4.78, 5) is 33.0. The van der Waals surface area contributed by atoms with E-state index in [1.807, 2.05) is 12.2 Å². The Kier molecular flexibility index (Phi) is 2.47. The number of carbonyl (C=O) groups excluding carboxylic acids is 2. The van der Waals surface area contributed by atoms with Crippen LogP contribution in [0.5, 0.6) is 0 Å². The van der Waals surface area contributed by atoms with Crippen molar-refractivity contribution in [2.24, 2.45) is 0 Å². The first-order chi connectivity index (χ1) is 10.2. The molecule has 1 unspecified atom stereocenters. The lowest BCUT2D eigenvalue weighted by Gasteiger charge is -2.20. The summed E-state index contributed by atoms with van der Waals surface area (Å²) in [6, 6.07) is 1.26. The number of hydrogen-bond acceptors (Lipinski definition) is 4. The molecule has 21 heavy (non-hydrogen) atoms. The predicted molar refractivity (Wildman–Crippen MR) is 76.8 cm³/mol. The van der Waals surface area contributed by atoms with Crippen LogP contribution in [0.1, 0.15) is 44.6 Å². The quantitative estimate of drug-likeness (QED) is 0.802. The first kappa shape index (κ1) is 12.0. The predicted octanol–water partition coefficient (Wildman–Crippen LogP) is 2.33. The number of rotatable bonds is 1. The molecule has 2 heterocycles. The van der Waals surface area contributed by atoms with E-state index in [2.05, 4.69) is 9.97 Å². The average Bonchev–Trinajstić information content (AvgIpc) is 3.01. The van der Waals surface area contributed by atoms with Gasteiger partial charge in [0.05, 0.1) is 17.7 Å². The van der Waals surface area contributed by atoms with Gasteiger partial charge in [0.15, 0.2) is 11.6 Å². The molecule has 1 atom stereocenters. The van der Waals surface area contributed by atoms with E-state index in [9.17, 15) is 9.59 Å². The van der Waals surface area contributed by atoms with Gasteiger partial charge in [-0.3, -0.25) is 9.59 Å². The third kappa shape index (κ3) is 1.78. The minimum atomic E-state index is -0.422. The number of pyridine rings is 1. The Hall–Kier alpha value is -2.82. The third-order valence-corrected chi connectivity index (χ3v) is 3.78. The van der Waals surface area contributed by atoms with Crippen molar-refractivity contribution in [3.63, 3.8) is 0 Å². The van der Waals surface area contributed by atoms with Gasteiger partial charge in [-0.05, 0) is 18.2 Å². The van der Waals surface area contributed by atoms with Gasteiger partial charge in [0, 0.05) is 29.9 Å². The zero-order valence-corrected chi connectivity index (χ0v) is 11.1. The Morgan fingerprint density at radius 2 is 2.00 bits per heavy atom. The zero-order valence-electron chi connectivity index (χ0n) is 11.1. The molecule has 5 nitrogen and oxygen atoms in total. The van der Waals surface area contributed by atoms with E-state index < -0.39 is 6.04 Å². The van der Waals surface area contributed by atoms with Crippen LogP contribution in [0.15, 0.2) is 36.9 Å². The second-order valence-electron chi connectivity index (χ2n) is 5.06. The van der Waals surface area contributed by atoms with E-state index in [-0.39, 0.29) is 11.6 Å². The largest absolute Gasteiger partial charge is 0.323 e. The standard InChI is InChI=1S/C16H11N3O2/c20-15-3-1-2-12-10(15)8-11-13(18-12)4-5-14(16(11)21)19-7-6-17-9-19/h1-2,4-9,14H,3H2. The number of hydrogen-bond donors (Lipinski definition) is 0. The number of nitrogens with zero attached hydrogens (tertiary/aromatic N) is 3. The molecule has 0 N–H and O–H groups in total. The molecule has 2 aliphatic carbocycles. The van der Waals surface area contributed by atoms with Crippen LogP contribution in [-0.4, -0.2) is 26.1 Å². The molecule has 2 aromatic heterocycles. The molecule has 0 fully saturated rings. The molecule has 0 spiro atoms. The number of imidazole rings is 1. The lowest BCUT2D eigenvalue weighted by molar-refractivity contribution is 0.0947. The van der Waals surface area contributed by atoms with Crippen LogP contribution >= 0.6 is 0 Å². The summed E-state index contributed by atoms with van der Waals surface area (Å²) in [6.07, 6.45) is 12.6. The Morgan fingerprint density at radius 1 is 1.14 bits per heavy atom. The van der Waals surface area contributed by atoms with Crippen molar-refractivity contribution in [1.29, 1.82) is 0 Å². The van der Waals surface area contributed by atoms with Gasteiger partial charge < -0.3 is 4.57 Å². The summed E-state index contributed by atoms with van der Waals surface area (Å²) in [5.41, 5.74) is 2.29. The number of carbonyl (C=O) groups is 2. The van der Waals surface area contributed by atoms with Gasteiger partial charge in [-0.2, -0.15) is 0 Å². The van der Waals surface area contributed by atoms with Crippen molar-refractivity contribution in [2.45, 2.75) is 12.5 Å². The van der Waals surface area contributed by atoms with E-state index in [4.69, 9.17) is 0 Å². The van der Waals surface area contributed by atoms with E-state index in [0.717, 1.165) is 0 Å². The van der Waals surface area contributed by atoms with Gasteiger partial charge in [-0.1, -0.05) is 12.2 Å². The molecule has 0 saturated carbocycles. The minimum absolute atomic E-state index is 0.00401. The summed E-state index contributed by atoms with van der Waals surface area (Å²) in [5, 5.41) is 0. The second-order valence-corrected chi connectivity index (χ2v) is 5.06. The van der Waals surface area contributed by atoms with Crippen molar-refractivity contribution in [3.05, 3.63) is 59.5 Å². The first-order valence-corrected chi connectivity index (χ1v) is 6.68. The molecule has 2 aliphatic rings. The monoisotopic (exact) mass is 277 g/mol. The molecular formula is C16H11N3O2. The van der Waals surface area contributed by atoms with Gasteiger partial charge in [0.1, 0.15) is 6.04 Å². The van der Waals surface area contributed by atoms with Gasteiger partial charge >= 0.3 is 0 Å². The second kappa shape index (κ2) is 4.34. The van der Waals surface area contributed by atoms with Gasteiger partial charge in [0.25, 0.3) is 0 Å². The SMILES string of the molecule is O=C1CC=Cc2nc3c(cc21)C(=O)C(n1ccnc1)C=C3. The number of Topliss-reactive ketones (excluding diaryl/α,β-unsaturated/α-hetero) is 2. The van der Waals surface area contributed by atoms with Crippen molar-refractivity contribution in [1.82, 2.24) is 14.5 Å². The van der Waals surface area contributed by atoms with Crippen molar-refractivity contribution < 1.29 is 9.59 Å². The molecule has 102 valence electrons. The molecular weight excluding hydrogens is 266 g/mol. The molecule has 0 amide bonds. The van der Waals surface area contributed by atoms with Gasteiger partial charge in [-0.15, -0.1) is 0 Å². The maximum Gasteiger partial charge on any atom is 0.191 e. The Morgan fingerprint density at radius 3 is 2.81 bits per heavy atom. The smallest absolute Gasteiger partial charge is 0.191 e. The highest BCUT2D eigenvalue weighted by atomic mass is 16.1. The summed E-state index contributed by atoms with van der Waals surface area (Å²) in [5.74, 6) is -0.0625. The molecule has 0 radical (unpaired) electrons. The van der Waals surface area contributed by atoms with Crippen LogP contribution in [0.25, 0.3) is 12.2 Å². The Labute approximate surface area is 120 Å². The fourth-order valence-corrected chi connectivity index (χ4v) is 2.70. The van der Waals surface area contributed by atoms with Crippen LogP contribution in [0, 0.1) is 0 Å². The number of fused-ring (bicyclic) bond motifs is 2. The Balaban J connectivity index is 1.85. The molecule has 5 heteroatoms. The van der Waals surface area contributed by atoms with Gasteiger partial charge in [0.2, 0.25) is 0 Å². The highest BCUT2D eigenvalue weighted by Gasteiger charge is 2.28. The van der Waals surface area contributed by atoms with Gasteiger partial charge in [-0.25, -0.2) is 9.97 Å². The summed E-state index contributed by atoms with van der Waals surface area (Å²) >= 11 is 0. The van der Waals surface area contributed by atoms with Crippen molar-refractivity contribution in [3.8, 4) is 0 Å². The van der Waals surface area contributed by atoms with Crippen LogP contribution in [0.2, 0.25) is 0 Å². The van der Waals surface area contributed by atoms with E-state index in [0.29, 0.717) is 28.9 Å².